The summed E-state index contributed by atoms with van der Waals surface area (Å²) in [7, 11) is 0. The van der Waals surface area contributed by atoms with Crippen LogP contribution in [0.1, 0.15) is 43.0 Å². The molecule has 0 saturated carbocycles. The minimum absolute atomic E-state index is 0.0661. The molecule has 3 heteroatoms. The van der Waals surface area contributed by atoms with E-state index in [1.165, 1.54) is 5.56 Å². The molecule has 0 amide bonds. The van der Waals surface area contributed by atoms with Crippen LogP contribution in [0, 0.1) is 0 Å². The summed E-state index contributed by atoms with van der Waals surface area (Å²) in [6, 6.07) is 26.8. The molecule has 3 aromatic carbocycles. The van der Waals surface area contributed by atoms with Crippen molar-refractivity contribution in [3.05, 3.63) is 107 Å². The predicted octanol–water partition coefficient (Wildman–Crippen LogP) is 5.52. The fourth-order valence-corrected chi connectivity index (χ4v) is 3.22. The lowest BCUT2D eigenvalue weighted by atomic mass is 9.86. The molecule has 148 valence electrons. The van der Waals surface area contributed by atoms with Crippen molar-refractivity contribution in [2.45, 2.75) is 38.6 Å². The van der Waals surface area contributed by atoms with Gasteiger partial charge in [0.25, 0.3) is 0 Å². The van der Waals surface area contributed by atoms with Crippen LogP contribution >= 0.6 is 0 Å². The lowest BCUT2D eigenvalue weighted by Crippen LogP contribution is -2.23. The topological polar surface area (TPSA) is 49.7 Å². The zero-order valence-corrected chi connectivity index (χ0v) is 17.2. The van der Waals surface area contributed by atoms with E-state index in [-0.39, 0.29) is 5.41 Å². The molecule has 29 heavy (non-hydrogen) atoms. The Bertz CT molecular complexity index is 927. The van der Waals surface area contributed by atoms with Gasteiger partial charge in [0, 0.05) is 17.5 Å². The van der Waals surface area contributed by atoms with Crippen LogP contribution in [0.15, 0.2) is 89.9 Å². The summed E-state index contributed by atoms with van der Waals surface area (Å²) >= 11 is 0. The summed E-state index contributed by atoms with van der Waals surface area (Å²) in [6.07, 6.45) is 0.350. The van der Waals surface area contributed by atoms with Gasteiger partial charge in [-0.3, -0.25) is 4.99 Å². The molecule has 0 bridgehead atoms. The van der Waals surface area contributed by atoms with Crippen LogP contribution in [-0.2, 0) is 16.6 Å². The van der Waals surface area contributed by atoms with Gasteiger partial charge >= 0.3 is 5.97 Å². The smallest absolute Gasteiger partial charge is 0.328 e. The maximum atomic E-state index is 12.0. The van der Waals surface area contributed by atoms with Gasteiger partial charge in [0.15, 0.2) is 6.04 Å². The molecule has 0 aliphatic rings. The minimum atomic E-state index is -0.922. The van der Waals surface area contributed by atoms with Gasteiger partial charge in [-0.05, 0) is 16.5 Å². The molecule has 3 nitrogen and oxygen atoms in total. The predicted molar refractivity (Wildman–Crippen MR) is 119 cm³/mol. The van der Waals surface area contributed by atoms with Crippen molar-refractivity contribution in [2.24, 2.45) is 4.99 Å². The van der Waals surface area contributed by atoms with Crippen LogP contribution in [0.25, 0.3) is 0 Å². The molecule has 1 atom stereocenters. The largest absolute Gasteiger partial charge is 0.480 e. The van der Waals surface area contributed by atoms with Gasteiger partial charge in [0.05, 0.1) is 5.71 Å². The van der Waals surface area contributed by atoms with Crippen LogP contribution in [0.5, 0.6) is 0 Å². The number of hydrogen-bond donors (Lipinski definition) is 1. The fraction of sp³-hybridized carbons (Fsp3) is 0.231. The Balaban J connectivity index is 1.96. The molecule has 0 saturated heterocycles. The number of hydrogen-bond acceptors (Lipinski definition) is 2. The molecule has 3 rings (SSSR count). The Morgan fingerprint density at radius 3 is 1.72 bits per heavy atom. The lowest BCUT2D eigenvalue weighted by Gasteiger charge is -2.19. The second-order valence-corrected chi connectivity index (χ2v) is 8.21. The van der Waals surface area contributed by atoms with Crippen LogP contribution < -0.4 is 0 Å². The van der Waals surface area contributed by atoms with Crippen LogP contribution in [0.3, 0.4) is 0 Å². The Morgan fingerprint density at radius 2 is 1.31 bits per heavy atom. The summed E-state index contributed by atoms with van der Waals surface area (Å²) in [5.41, 5.74) is 4.78. The van der Waals surface area contributed by atoms with Gasteiger partial charge in [-0.25, -0.2) is 4.79 Å². The molecule has 0 spiro atoms. The zero-order chi connectivity index (χ0) is 20.9. The zero-order valence-electron chi connectivity index (χ0n) is 17.2. The van der Waals surface area contributed by atoms with Gasteiger partial charge in [-0.2, -0.15) is 0 Å². The third-order valence-corrected chi connectivity index (χ3v) is 4.91. The van der Waals surface area contributed by atoms with E-state index in [0.29, 0.717) is 12.1 Å². The van der Waals surface area contributed by atoms with E-state index in [2.05, 4.69) is 32.9 Å². The highest BCUT2D eigenvalue weighted by atomic mass is 16.4. The minimum Gasteiger partial charge on any atom is -0.480 e. The number of benzene rings is 3. The van der Waals surface area contributed by atoms with E-state index in [1.807, 2.05) is 72.8 Å². The summed E-state index contributed by atoms with van der Waals surface area (Å²) in [6.45, 7) is 6.50. The van der Waals surface area contributed by atoms with Gasteiger partial charge in [0.2, 0.25) is 0 Å². The highest BCUT2D eigenvalue weighted by Crippen LogP contribution is 2.23. The van der Waals surface area contributed by atoms with Crippen LogP contribution in [0.4, 0.5) is 0 Å². The van der Waals surface area contributed by atoms with Crippen molar-refractivity contribution in [3.63, 3.8) is 0 Å². The average molecular weight is 386 g/mol. The van der Waals surface area contributed by atoms with E-state index in [0.717, 1.165) is 16.7 Å². The van der Waals surface area contributed by atoms with E-state index in [9.17, 15) is 9.90 Å². The van der Waals surface area contributed by atoms with Crippen molar-refractivity contribution < 1.29 is 9.90 Å². The van der Waals surface area contributed by atoms with Crippen molar-refractivity contribution in [1.82, 2.24) is 0 Å². The third kappa shape index (κ3) is 5.41. The standard InChI is InChI=1S/C26H27NO2/c1-26(2,3)22-16-14-19(15-17-22)18-23(25(28)29)27-24(20-10-6-4-7-11-20)21-12-8-5-9-13-21/h4-17,23H,18H2,1-3H3,(H,28,29)/t23-/m1/s1. The number of aliphatic carboxylic acids is 1. The highest BCUT2D eigenvalue weighted by molar-refractivity contribution is 6.13. The molecule has 1 N–H and O–H groups in total. The molecule has 0 aromatic heterocycles. The number of carboxylic acid groups (broad SMARTS) is 1. The summed E-state index contributed by atoms with van der Waals surface area (Å²) in [4.78, 5) is 16.7. The molecule has 0 heterocycles. The summed E-state index contributed by atoms with van der Waals surface area (Å²) in [5.74, 6) is -0.922. The number of carbonyl (C=O) groups is 1. The van der Waals surface area contributed by atoms with Crippen molar-refractivity contribution in [1.29, 1.82) is 0 Å². The SMILES string of the molecule is CC(C)(C)c1ccc(C[C@@H](N=C(c2ccccc2)c2ccccc2)C(=O)O)cc1. The molecule has 3 aromatic rings. The number of rotatable bonds is 6. The maximum absolute atomic E-state index is 12.0. The Hall–Kier alpha value is -3.20. The second kappa shape index (κ2) is 8.87. The van der Waals surface area contributed by atoms with E-state index in [4.69, 9.17) is 4.99 Å². The van der Waals surface area contributed by atoms with E-state index >= 15 is 0 Å². The van der Waals surface area contributed by atoms with Gasteiger partial charge < -0.3 is 5.11 Å². The van der Waals surface area contributed by atoms with Gasteiger partial charge in [-0.1, -0.05) is 106 Å². The van der Waals surface area contributed by atoms with E-state index in [1.54, 1.807) is 0 Å². The molecular weight excluding hydrogens is 358 g/mol. The number of nitrogens with zero attached hydrogens (tertiary/aromatic N) is 1. The van der Waals surface area contributed by atoms with Crippen molar-refractivity contribution in [3.8, 4) is 0 Å². The monoisotopic (exact) mass is 385 g/mol. The van der Waals surface area contributed by atoms with Crippen molar-refractivity contribution >= 4 is 11.7 Å². The number of carboxylic acids is 1. The average Bonchev–Trinajstić information content (AvgIpc) is 2.72. The summed E-state index contributed by atoms with van der Waals surface area (Å²) < 4.78 is 0. The molecule has 0 aliphatic carbocycles. The first-order chi connectivity index (χ1) is 13.8. The first-order valence-corrected chi connectivity index (χ1v) is 9.85. The first kappa shape index (κ1) is 20.5. The fourth-order valence-electron chi connectivity index (χ4n) is 3.22. The Labute approximate surface area is 172 Å². The Morgan fingerprint density at radius 1 is 0.828 bits per heavy atom. The Kier molecular flexibility index (Phi) is 6.28. The summed E-state index contributed by atoms with van der Waals surface area (Å²) in [5, 5.41) is 9.85. The van der Waals surface area contributed by atoms with Gasteiger partial charge in [0.1, 0.15) is 0 Å². The quantitative estimate of drug-likeness (QED) is 0.568. The highest BCUT2D eigenvalue weighted by Gasteiger charge is 2.20. The lowest BCUT2D eigenvalue weighted by molar-refractivity contribution is -0.138. The molecule has 0 unspecified atom stereocenters. The van der Waals surface area contributed by atoms with Crippen LogP contribution in [-0.4, -0.2) is 22.8 Å². The van der Waals surface area contributed by atoms with Crippen molar-refractivity contribution in [2.75, 3.05) is 0 Å². The molecule has 0 radical (unpaired) electrons. The molecule has 0 fully saturated rings. The van der Waals surface area contributed by atoms with Gasteiger partial charge in [-0.15, -0.1) is 0 Å². The molecular formula is C26H27NO2. The first-order valence-electron chi connectivity index (χ1n) is 9.85. The number of aliphatic imine (C=N–C) groups is 1. The third-order valence-electron chi connectivity index (χ3n) is 4.91. The second-order valence-electron chi connectivity index (χ2n) is 8.21. The molecule has 0 aliphatic heterocycles. The van der Waals surface area contributed by atoms with Crippen LogP contribution in [0.2, 0.25) is 0 Å². The van der Waals surface area contributed by atoms with E-state index < -0.39 is 12.0 Å². The maximum Gasteiger partial charge on any atom is 0.328 e. The normalized spacial score (nSPS) is 12.2.